The molecule has 206 valence electrons. The van der Waals surface area contributed by atoms with Crippen LogP contribution in [0.5, 0.6) is 0 Å². The molecule has 0 aliphatic carbocycles. The highest BCUT2D eigenvalue weighted by Gasteiger charge is 2.37. The fraction of sp³-hybridized carbons (Fsp3) is 0.462. The van der Waals surface area contributed by atoms with Gasteiger partial charge in [-0.25, -0.2) is 0 Å². The minimum Gasteiger partial charge on any atom is -0.377 e. The molecule has 1 amide bonds. The maximum absolute atomic E-state index is 13.8. The highest BCUT2D eigenvalue weighted by atomic mass is 19.4. The van der Waals surface area contributed by atoms with E-state index in [0.29, 0.717) is 68.3 Å². The van der Waals surface area contributed by atoms with Gasteiger partial charge in [-0.2, -0.15) is 22.7 Å². The van der Waals surface area contributed by atoms with E-state index < -0.39 is 17.8 Å². The predicted octanol–water partition coefficient (Wildman–Crippen LogP) is 2.56. The number of piperazine rings is 1. The average molecular weight is 544 g/mol. The Hall–Kier alpha value is -3.71. The van der Waals surface area contributed by atoms with E-state index in [4.69, 9.17) is 9.72 Å². The minimum absolute atomic E-state index is 0.274. The summed E-state index contributed by atoms with van der Waals surface area (Å²) in [5, 5.41) is 10.7. The van der Waals surface area contributed by atoms with E-state index in [0.717, 1.165) is 36.5 Å². The standard InChI is InChI=1S/C26H28F3N7O3/c1-15-14-17(26(27,28)29)2-3-18(15)31-23(37)20-5-4-19-21(34-10-8-30-9-11-34)24(38)36-25(35(19)20)32-22(33-36)16-6-12-39-13-7-16/h2-3,6,14,20,30H,4-5,7-13H2,1H3,(H,31,37)/t20-/m1/s1. The summed E-state index contributed by atoms with van der Waals surface area (Å²) in [5.41, 5.74) is 1.67. The summed E-state index contributed by atoms with van der Waals surface area (Å²) in [4.78, 5) is 34.1. The van der Waals surface area contributed by atoms with Gasteiger partial charge in [0.25, 0.3) is 5.56 Å². The zero-order chi connectivity index (χ0) is 27.3. The van der Waals surface area contributed by atoms with E-state index in [1.807, 2.05) is 11.0 Å². The molecule has 6 rings (SSSR count). The zero-order valence-corrected chi connectivity index (χ0v) is 21.3. The number of nitrogens with zero attached hydrogens (tertiary/aromatic N) is 5. The first-order valence-corrected chi connectivity index (χ1v) is 13.0. The molecule has 2 N–H and O–H groups in total. The van der Waals surface area contributed by atoms with Crippen LogP contribution in [-0.4, -0.2) is 64.5 Å². The van der Waals surface area contributed by atoms with Gasteiger partial charge in [0.2, 0.25) is 11.7 Å². The number of ether oxygens (including phenoxy) is 1. The molecule has 0 saturated carbocycles. The fourth-order valence-electron chi connectivity index (χ4n) is 5.54. The molecule has 1 fully saturated rings. The van der Waals surface area contributed by atoms with Gasteiger partial charge < -0.3 is 20.3 Å². The first-order valence-electron chi connectivity index (χ1n) is 13.0. The number of amides is 1. The lowest BCUT2D eigenvalue weighted by atomic mass is 10.1. The number of nitrogens with one attached hydrogen (secondary N) is 2. The van der Waals surface area contributed by atoms with Gasteiger partial charge in [-0.15, -0.1) is 5.10 Å². The van der Waals surface area contributed by atoms with Crippen LogP contribution >= 0.6 is 0 Å². The molecule has 1 atom stereocenters. The van der Waals surface area contributed by atoms with Crippen molar-refractivity contribution in [2.45, 2.75) is 38.4 Å². The quantitative estimate of drug-likeness (QED) is 0.521. The van der Waals surface area contributed by atoms with Gasteiger partial charge in [-0.3, -0.25) is 14.2 Å². The predicted molar refractivity (Wildman–Crippen MR) is 138 cm³/mol. The average Bonchev–Trinajstić information content (AvgIpc) is 3.56. The van der Waals surface area contributed by atoms with Crippen LogP contribution in [0.25, 0.3) is 11.4 Å². The molecule has 0 bridgehead atoms. The van der Waals surface area contributed by atoms with Gasteiger partial charge in [-0.05, 0) is 55.5 Å². The van der Waals surface area contributed by atoms with Crippen LogP contribution in [0.1, 0.15) is 41.5 Å². The SMILES string of the molecule is Cc1cc(C(F)(F)F)ccc1NC(=O)[C@H]1CCc2c(N3CCNCC3)c(=O)n3nc(C4=CCOCC4)nc3n21. The number of anilines is 2. The van der Waals surface area contributed by atoms with Crippen molar-refractivity contribution in [1.82, 2.24) is 24.5 Å². The third kappa shape index (κ3) is 4.59. The number of benzene rings is 1. The van der Waals surface area contributed by atoms with Crippen LogP contribution in [0.2, 0.25) is 0 Å². The molecule has 0 spiro atoms. The summed E-state index contributed by atoms with van der Waals surface area (Å²) >= 11 is 0. The van der Waals surface area contributed by atoms with Crippen LogP contribution in [0.3, 0.4) is 0 Å². The monoisotopic (exact) mass is 543 g/mol. The lowest BCUT2D eigenvalue weighted by Crippen LogP contribution is -2.46. The second kappa shape index (κ2) is 9.79. The lowest BCUT2D eigenvalue weighted by Gasteiger charge is -2.30. The van der Waals surface area contributed by atoms with E-state index in [1.54, 1.807) is 4.57 Å². The van der Waals surface area contributed by atoms with Crippen LogP contribution in [0, 0.1) is 6.92 Å². The number of aromatic nitrogens is 4. The van der Waals surface area contributed by atoms with Crippen LogP contribution < -0.4 is 21.1 Å². The molecule has 2 aromatic heterocycles. The topological polar surface area (TPSA) is 106 Å². The molecular weight excluding hydrogens is 515 g/mol. The van der Waals surface area contributed by atoms with Crippen LogP contribution in [0.15, 0.2) is 29.1 Å². The number of carbonyl (C=O) groups is 1. The smallest absolute Gasteiger partial charge is 0.377 e. The lowest BCUT2D eigenvalue weighted by molar-refractivity contribution is -0.137. The zero-order valence-electron chi connectivity index (χ0n) is 21.3. The van der Waals surface area contributed by atoms with E-state index in [2.05, 4.69) is 15.7 Å². The number of alkyl halides is 3. The Labute approximate surface area is 221 Å². The van der Waals surface area contributed by atoms with Crippen molar-refractivity contribution in [1.29, 1.82) is 0 Å². The van der Waals surface area contributed by atoms with Gasteiger partial charge in [0.05, 0.1) is 24.5 Å². The normalized spacial score (nSPS) is 19.7. The van der Waals surface area contributed by atoms with Crippen molar-refractivity contribution in [2.24, 2.45) is 0 Å². The van der Waals surface area contributed by atoms with Crippen molar-refractivity contribution in [2.75, 3.05) is 49.6 Å². The molecule has 5 heterocycles. The van der Waals surface area contributed by atoms with Gasteiger partial charge in [0.15, 0.2) is 5.82 Å². The Morgan fingerprint density at radius 1 is 1.21 bits per heavy atom. The summed E-state index contributed by atoms with van der Waals surface area (Å²) < 4.78 is 47.9. The molecule has 39 heavy (non-hydrogen) atoms. The first kappa shape index (κ1) is 25.6. The molecule has 10 nitrogen and oxygen atoms in total. The number of carbonyl (C=O) groups excluding carboxylic acids is 1. The first-order chi connectivity index (χ1) is 18.7. The molecule has 1 saturated heterocycles. The third-order valence-corrected chi connectivity index (χ3v) is 7.53. The molecular formula is C26H28F3N7O3. The Kier molecular flexibility index (Phi) is 6.42. The number of fused-ring (bicyclic) bond motifs is 3. The second-order valence-corrected chi connectivity index (χ2v) is 9.98. The molecule has 1 aromatic carbocycles. The Morgan fingerprint density at radius 3 is 2.69 bits per heavy atom. The van der Waals surface area contributed by atoms with E-state index in [9.17, 15) is 22.8 Å². The van der Waals surface area contributed by atoms with E-state index >= 15 is 0 Å². The molecule has 3 aliphatic heterocycles. The van der Waals surface area contributed by atoms with Crippen molar-refractivity contribution >= 4 is 28.6 Å². The molecule has 13 heteroatoms. The summed E-state index contributed by atoms with van der Waals surface area (Å²) in [6.45, 7) is 5.22. The summed E-state index contributed by atoms with van der Waals surface area (Å²) in [7, 11) is 0. The van der Waals surface area contributed by atoms with Gasteiger partial charge in [0, 0.05) is 31.9 Å². The molecule has 3 aliphatic rings. The number of hydrogen-bond donors (Lipinski definition) is 2. The third-order valence-electron chi connectivity index (χ3n) is 7.53. The highest BCUT2D eigenvalue weighted by molar-refractivity contribution is 5.95. The number of aryl methyl sites for hydroxylation is 1. The van der Waals surface area contributed by atoms with Crippen LogP contribution in [0.4, 0.5) is 24.5 Å². The summed E-state index contributed by atoms with van der Waals surface area (Å²) in [6, 6.07) is 2.52. The van der Waals surface area contributed by atoms with E-state index in [-0.39, 0.29) is 17.2 Å². The molecule has 3 aromatic rings. The highest BCUT2D eigenvalue weighted by Crippen LogP contribution is 2.35. The number of rotatable bonds is 4. The van der Waals surface area contributed by atoms with Gasteiger partial charge >= 0.3 is 6.18 Å². The molecule has 0 radical (unpaired) electrons. The summed E-state index contributed by atoms with van der Waals surface area (Å²) in [5.74, 6) is 0.313. The summed E-state index contributed by atoms with van der Waals surface area (Å²) in [6.07, 6.45) is -1.07. The maximum atomic E-state index is 13.8. The largest absolute Gasteiger partial charge is 0.416 e. The Bertz CT molecular complexity index is 1540. The number of halogens is 3. The van der Waals surface area contributed by atoms with E-state index in [1.165, 1.54) is 17.5 Å². The van der Waals surface area contributed by atoms with Crippen molar-refractivity contribution in [3.63, 3.8) is 0 Å². The van der Waals surface area contributed by atoms with Gasteiger partial charge in [-0.1, -0.05) is 6.08 Å². The second-order valence-electron chi connectivity index (χ2n) is 9.98. The van der Waals surface area contributed by atoms with Crippen LogP contribution in [-0.2, 0) is 22.1 Å². The molecule has 0 unspecified atom stereocenters. The fourth-order valence-corrected chi connectivity index (χ4v) is 5.54. The van der Waals surface area contributed by atoms with Gasteiger partial charge in [0.1, 0.15) is 11.7 Å². The van der Waals surface area contributed by atoms with Crippen molar-refractivity contribution in [3.8, 4) is 0 Å². The number of hydrogen-bond acceptors (Lipinski definition) is 7. The maximum Gasteiger partial charge on any atom is 0.416 e. The Balaban J connectivity index is 1.43. The Morgan fingerprint density at radius 2 is 2.00 bits per heavy atom. The van der Waals surface area contributed by atoms with Crippen molar-refractivity contribution in [3.05, 3.63) is 57.3 Å². The van der Waals surface area contributed by atoms with Crippen molar-refractivity contribution < 1.29 is 22.7 Å². The minimum atomic E-state index is -4.47.